The summed E-state index contributed by atoms with van der Waals surface area (Å²) in [4.78, 5) is 25.7. The van der Waals surface area contributed by atoms with Gasteiger partial charge in [0.15, 0.2) is 5.82 Å². The van der Waals surface area contributed by atoms with Gasteiger partial charge in [0.2, 0.25) is 0 Å². The Balaban J connectivity index is 1.60. The van der Waals surface area contributed by atoms with Gasteiger partial charge in [-0.05, 0) is 42.8 Å². The Bertz CT molecular complexity index is 1530. The zero-order valence-corrected chi connectivity index (χ0v) is 18.4. The average molecular weight is 473 g/mol. The fraction of sp³-hybridized carbons (Fsp3) is 0.0769. The molecule has 174 valence electrons. The van der Waals surface area contributed by atoms with Gasteiger partial charge in [-0.15, -0.1) is 0 Å². The molecule has 0 saturated heterocycles. The number of fused-ring (bicyclic) bond motifs is 1. The Morgan fingerprint density at radius 2 is 1.77 bits per heavy atom. The van der Waals surface area contributed by atoms with Gasteiger partial charge in [-0.3, -0.25) is 14.2 Å². The minimum atomic E-state index is -4.69. The molecule has 0 aliphatic rings. The number of hydrogen-bond acceptors (Lipinski definition) is 4. The number of amides is 1. The van der Waals surface area contributed by atoms with Crippen LogP contribution in [-0.2, 0) is 6.18 Å². The standard InChI is InChI=1S/C26H18F3N5O/c1-16-4-7-18(8-5-16)33-25(35)20-13-17(6-9-21(20)26(27,28)29)19-3-2-12-34-23(19)15-32-24(34)22-14-30-10-11-31-22/h2-15H,1H3,(H,33,35). The van der Waals surface area contributed by atoms with E-state index in [1.54, 1.807) is 71.8 Å². The lowest BCUT2D eigenvalue weighted by molar-refractivity contribution is -0.137. The second-order valence-electron chi connectivity index (χ2n) is 7.93. The number of carbonyl (C=O) groups is 1. The summed E-state index contributed by atoms with van der Waals surface area (Å²) >= 11 is 0. The van der Waals surface area contributed by atoms with Crippen molar-refractivity contribution in [3.63, 3.8) is 0 Å². The molecule has 5 rings (SSSR count). The van der Waals surface area contributed by atoms with E-state index in [0.717, 1.165) is 11.6 Å². The number of pyridine rings is 1. The number of aryl methyl sites for hydroxylation is 1. The van der Waals surface area contributed by atoms with E-state index in [4.69, 9.17) is 0 Å². The number of halogens is 3. The van der Waals surface area contributed by atoms with Crippen LogP contribution in [0.5, 0.6) is 0 Å². The number of nitrogens with zero attached hydrogens (tertiary/aromatic N) is 4. The number of alkyl halides is 3. The van der Waals surface area contributed by atoms with Gasteiger partial charge in [-0.2, -0.15) is 13.2 Å². The third-order valence-corrected chi connectivity index (χ3v) is 5.55. The summed E-state index contributed by atoms with van der Waals surface area (Å²) in [6, 6.07) is 13.9. The summed E-state index contributed by atoms with van der Waals surface area (Å²) in [7, 11) is 0. The highest BCUT2D eigenvalue weighted by Crippen LogP contribution is 2.36. The average Bonchev–Trinajstić information content (AvgIpc) is 3.29. The van der Waals surface area contributed by atoms with Gasteiger partial charge in [-0.1, -0.05) is 29.8 Å². The molecule has 6 nitrogen and oxygen atoms in total. The molecular weight excluding hydrogens is 455 g/mol. The molecule has 3 heterocycles. The predicted octanol–water partition coefficient (Wildman–Crippen LogP) is 6.04. The fourth-order valence-corrected chi connectivity index (χ4v) is 3.85. The van der Waals surface area contributed by atoms with Crippen molar-refractivity contribution >= 4 is 17.1 Å². The van der Waals surface area contributed by atoms with Crippen LogP contribution in [0.15, 0.2) is 85.6 Å². The molecule has 0 fully saturated rings. The maximum Gasteiger partial charge on any atom is 0.417 e. The second-order valence-corrected chi connectivity index (χ2v) is 7.93. The minimum Gasteiger partial charge on any atom is -0.322 e. The van der Waals surface area contributed by atoms with Crippen LogP contribution < -0.4 is 5.32 Å². The smallest absolute Gasteiger partial charge is 0.322 e. The molecule has 0 aliphatic carbocycles. The summed E-state index contributed by atoms with van der Waals surface area (Å²) in [6.45, 7) is 1.88. The SMILES string of the molecule is Cc1ccc(NC(=O)c2cc(-c3cccn4c(-c5cnccn5)ncc34)ccc2C(F)(F)F)cc1. The van der Waals surface area contributed by atoms with Gasteiger partial charge in [0.1, 0.15) is 5.69 Å². The lowest BCUT2D eigenvalue weighted by atomic mass is 9.98. The monoisotopic (exact) mass is 473 g/mol. The van der Waals surface area contributed by atoms with Crippen molar-refractivity contribution in [2.24, 2.45) is 0 Å². The van der Waals surface area contributed by atoms with E-state index in [1.807, 2.05) is 6.92 Å². The van der Waals surface area contributed by atoms with Crippen LogP contribution in [0.1, 0.15) is 21.5 Å². The van der Waals surface area contributed by atoms with Crippen molar-refractivity contribution in [3.05, 3.63) is 102 Å². The van der Waals surface area contributed by atoms with Crippen molar-refractivity contribution in [1.29, 1.82) is 0 Å². The Kier molecular flexibility index (Phi) is 5.52. The van der Waals surface area contributed by atoms with Crippen LogP contribution in [0.4, 0.5) is 18.9 Å². The lowest BCUT2D eigenvalue weighted by Gasteiger charge is -2.15. The van der Waals surface area contributed by atoms with E-state index in [2.05, 4.69) is 20.3 Å². The molecule has 0 aliphatic heterocycles. The summed E-state index contributed by atoms with van der Waals surface area (Å²) in [5.74, 6) is -0.303. The van der Waals surface area contributed by atoms with Gasteiger partial charge >= 0.3 is 6.18 Å². The molecule has 35 heavy (non-hydrogen) atoms. The van der Waals surface area contributed by atoms with Crippen LogP contribution in [0.25, 0.3) is 28.2 Å². The molecule has 0 saturated carbocycles. The van der Waals surface area contributed by atoms with Gasteiger partial charge in [0.25, 0.3) is 5.91 Å². The van der Waals surface area contributed by atoms with E-state index in [9.17, 15) is 18.0 Å². The zero-order valence-electron chi connectivity index (χ0n) is 18.4. The third-order valence-electron chi connectivity index (χ3n) is 5.55. The number of rotatable bonds is 4. The number of carbonyl (C=O) groups excluding carboxylic acids is 1. The minimum absolute atomic E-state index is 0.408. The highest BCUT2D eigenvalue weighted by Gasteiger charge is 2.35. The first kappa shape index (κ1) is 22.3. The van der Waals surface area contributed by atoms with Gasteiger partial charge in [0.05, 0.1) is 29.0 Å². The Morgan fingerprint density at radius 1 is 0.971 bits per heavy atom. The number of benzene rings is 2. The van der Waals surface area contributed by atoms with Crippen molar-refractivity contribution in [3.8, 4) is 22.6 Å². The molecule has 3 aromatic heterocycles. The molecule has 0 bridgehead atoms. The van der Waals surface area contributed by atoms with Crippen LogP contribution in [0, 0.1) is 6.92 Å². The maximum atomic E-state index is 13.8. The third kappa shape index (κ3) is 4.35. The van der Waals surface area contributed by atoms with Gasteiger partial charge in [-0.25, -0.2) is 9.97 Å². The van der Waals surface area contributed by atoms with Crippen LogP contribution in [0.3, 0.4) is 0 Å². The molecule has 5 aromatic rings. The first-order chi connectivity index (χ1) is 16.8. The van der Waals surface area contributed by atoms with Gasteiger partial charge < -0.3 is 5.32 Å². The normalized spacial score (nSPS) is 11.5. The van der Waals surface area contributed by atoms with Crippen molar-refractivity contribution in [2.75, 3.05) is 5.32 Å². The number of anilines is 1. The van der Waals surface area contributed by atoms with Crippen molar-refractivity contribution in [2.45, 2.75) is 13.1 Å². The van der Waals surface area contributed by atoms with E-state index in [-0.39, 0.29) is 0 Å². The second kappa shape index (κ2) is 8.68. The molecule has 9 heteroatoms. The van der Waals surface area contributed by atoms with E-state index < -0.39 is 23.2 Å². The topological polar surface area (TPSA) is 72.2 Å². The molecule has 0 radical (unpaired) electrons. The Morgan fingerprint density at radius 3 is 2.49 bits per heavy atom. The molecule has 0 unspecified atom stereocenters. The molecule has 2 aromatic carbocycles. The molecule has 0 spiro atoms. The molecular formula is C26H18F3N5O. The van der Waals surface area contributed by atoms with Gasteiger partial charge in [0, 0.05) is 29.8 Å². The quantitative estimate of drug-likeness (QED) is 0.346. The summed E-state index contributed by atoms with van der Waals surface area (Å²) in [5.41, 5.74) is 2.17. The number of nitrogens with one attached hydrogen (secondary N) is 1. The molecule has 0 atom stereocenters. The highest BCUT2D eigenvalue weighted by molar-refractivity contribution is 6.06. The first-order valence-corrected chi connectivity index (χ1v) is 10.6. The Hall–Kier alpha value is -4.53. The van der Waals surface area contributed by atoms with Crippen LogP contribution in [-0.4, -0.2) is 25.3 Å². The maximum absolute atomic E-state index is 13.8. The first-order valence-electron chi connectivity index (χ1n) is 10.6. The van der Waals surface area contributed by atoms with Crippen molar-refractivity contribution < 1.29 is 18.0 Å². The number of aromatic nitrogens is 4. The fourth-order valence-electron chi connectivity index (χ4n) is 3.85. The lowest BCUT2D eigenvalue weighted by Crippen LogP contribution is -2.19. The van der Waals surface area contributed by atoms with Crippen LogP contribution >= 0.6 is 0 Å². The zero-order chi connectivity index (χ0) is 24.6. The van der Waals surface area contributed by atoms with Crippen molar-refractivity contribution in [1.82, 2.24) is 19.4 Å². The van der Waals surface area contributed by atoms with E-state index in [1.165, 1.54) is 12.1 Å². The summed E-state index contributed by atoms with van der Waals surface area (Å²) in [5, 5.41) is 2.57. The van der Waals surface area contributed by atoms with E-state index >= 15 is 0 Å². The van der Waals surface area contributed by atoms with Crippen LogP contribution in [0.2, 0.25) is 0 Å². The Labute approximate surface area is 198 Å². The summed E-state index contributed by atoms with van der Waals surface area (Å²) < 4.78 is 43.1. The summed E-state index contributed by atoms with van der Waals surface area (Å²) in [6.07, 6.45) is 3.38. The number of hydrogen-bond donors (Lipinski definition) is 1. The highest BCUT2D eigenvalue weighted by atomic mass is 19.4. The largest absolute Gasteiger partial charge is 0.417 e. The molecule has 1 N–H and O–H groups in total. The predicted molar refractivity (Wildman–Crippen MR) is 126 cm³/mol. The molecule has 1 amide bonds. The number of imidazole rings is 1. The van der Waals surface area contributed by atoms with E-state index in [0.29, 0.717) is 33.8 Å².